The molecule has 0 saturated heterocycles. The minimum Gasteiger partial charge on any atom is -0.326 e. The quantitative estimate of drug-likeness (QED) is 0.776. The van der Waals surface area contributed by atoms with E-state index in [4.69, 9.17) is 0 Å². The number of hydrogen-bond donors (Lipinski definition) is 2. The Kier molecular flexibility index (Phi) is 6.20. The minimum absolute atomic E-state index is 0.0731. The topological polar surface area (TPSA) is 75.3 Å². The van der Waals surface area contributed by atoms with Gasteiger partial charge in [0.25, 0.3) is 10.0 Å². The van der Waals surface area contributed by atoms with Crippen LogP contribution < -0.4 is 10.0 Å². The molecule has 0 heterocycles. The van der Waals surface area contributed by atoms with Crippen molar-refractivity contribution in [2.45, 2.75) is 44.9 Å². The van der Waals surface area contributed by atoms with Crippen LogP contribution in [0.2, 0.25) is 0 Å². The predicted molar refractivity (Wildman–Crippen MR) is 101 cm³/mol. The third-order valence-corrected chi connectivity index (χ3v) is 5.32. The molecule has 0 aliphatic carbocycles. The zero-order chi connectivity index (χ0) is 18.4. The van der Waals surface area contributed by atoms with E-state index in [0.29, 0.717) is 17.8 Å². The normalized spacial score (nSPS) is 11.2. The largest absolute Gasteiger partial charge is 0.326 e. The highest BCUT2D eigenvalue weighted by Gasteiger charge is 2.15. The van der Waals surface area contributed by atoms with E-state index in [1.165, 1.54) is 0 Å². The Hall–Kier alpha value is -2.34. The average Bonchev–Trinajstić information content (AvgIpc) is 2.55. The molecule has 0 aromatic heterocycles. The Morgan fingerprint density at radius 1 is 1.00 bits per heavy atom. The van der Waals surface area contributed by atoms with Crippen LogP contribution in [0.4, 0.5) is 11.4 Å². The summed E-state index contributed by atoms with van der Waals surface area (Å²) < 4.78 is 27.6. The van der Waals surface area contributed by atoms with E-state index in [1.54, 1.807) is 42.5 Å². The number of unbranched alkanes of at least 4 members (excludes halogenated alkanes) is 1. The van der Waals surface area contributed by atoms with Crippen LogP contribution in [-0.4, -0.2) is 14.3 Å². The van der Waals surface area contributed by atoms with Crippen LogP contribution in [0.15, 0.2) is 47.4 Å². The van der Waals surface area contributed by atoms with Crippen LogP contribution in [0.3, 0.4) is 0 Å². The van der Waals surface area contributed by atoms with Gasteiger partial charge in [0.2, 0.25) is 5.91 Å². The fraction of sp³-hybridized carbons (Fsp3) is 0.316. The molecule has 25 heavy (non-hydrogen) atoms. The zero-order valence-corrected chi connectivity index (χ0v) is 15.6. The van der Waals surface area contributed by atoms with Gasteiger partial charge in [0, 0.05) is 12.1 Å². The first-order valence-electron chi connectivity index (χ1n) is 8.32. The monoisotopic (exact) mass is 360 g/mol. The van der Waals surface area contributed by atoms with Gasteiger partial charge in [-0.05, 0) is 61.7 Å². The van der Waals surface area contributed by atoms with E-state index in [2.05, 4.69) is 10.0 Å². The van der Waals surface area contributed by atoms with Gasteiger partial charge in [0.05, 0.1) is 10.6 Å². The van der Waals surface area contributed by atoms with E-state index in [9.17, 15) is 13.2 Å². The highest BCUT2D eigenvalue weighted by Crippen LogP contribution is 2.21. The number of amides is 1. The SMILES string of the molecule is CCCCC(=O)Nc1cccc(NS(=O)(=O)c2ccc(C)c(C)c2)c1. The van der Waals surface area contributed by atoms with Crippen LogP contribution in [-0.2, 0) is 14.8 Å². The number of aryl methyl sites for hydroxylation is 2. The molecule has 134 valence electrons. The van der Waals surface area contributed by atoms with Crippen molar-refractivity contribution in [1.82, 2.24) is 0 Å². The lowest BCUT2D eigenvalue weighted by Crippen LogP contribution is -2.14. The lowest BCUT2D eigenvalue weighted by molar-refractivity contribution is -0.116. The van der Waals surface area contributed by atoms with Crippen molar-refractivity contribution >= 4 is 27.3 Å². The number of nitrogens with one attached hydrogen (secondary N) is 2. The lowest BCUT2D eigenvalue weighted by atomic mass is 10.1. The summed E-state index contributed by atoms with van der Waals surface area (Å²) in [4.78, 5) is 12.0. The lowest BCUT2D eigenvalue weighted by Gasteiger charge is -2.11. The second kappa shape index (κ2) is 8.16. The standard InChI is InChI=1S/C19H24N2O3S/c1-4-5-9-19(22)20-16-7-6-8-17(13-16)21-25(23,24)18-11-10-14(2)15(3)12-18/h6-8,10-13,21H,4-5,9H2,1-3H3,(H,20,22). The second-order valence-corrected chi connectivity index (χ2v) is 7.77. The number of rotatable bonds is 7. The molecule has 0 bridgehead atoms. The molecule has 2 aromatic rings. The average molecular weight is 360 g/mol. The Morgan fingerprint density at radius 2 is 1.72 bits per heavy atom. The van der Waals surface area contributed by atoms with Gasteiger partial charge in [-0.1, -0.05) is 25.5 Å². The van der Waals surface area contributed by atoms with Crippen LogP contribution in [0, 0.1) is 13.8 Å². The highest BCUT2D eigenvalue weighted by atomic mass is 32.2. The number of sulfonamides is 1. The molecule has 0 unspecified atom stereocenters. The van der Waals surface area contributed by atoms with Gasteiger partial charge in [0.15, 0.2) is 0 Å². The first-order chi connectivity index (χ1) is 11.8. The number of anilines is 2. The van der Waals surface area contributed by atoms with Gasteiger partial charge in [-0.3, -0.25) is 9.52 Å². The third-order valence-electron chi connectivity index (χ3n) is 3.94. The molecule has 0 saturated carbocycles. The summed E-state index contributed by atoms with van der Waals surface area (Å²) >= 11 is 0. The van der Waals surface area contributed by atoms with Gasteiger partial charge in [-0.25, -0.2) is 8.42 Å². The van der Waals surface area contributed by atoms with Crippen molar-refractivity contribution < 1.29 is 13.2 Å². The van der Waals surface area contributed by atoms with Crippen LogP contribution in [0.1, 0.15) is 37.3 Å². The molecule has 5 nitrogen and oxygen atoms in total. The molecule has 2 rings (SSSR count). The smallest absolute Gasteiger partial charge is 0.261 e. The zero-order valence-electron chi connectivity index (χ0n) is 14.8. The summed E-state index contributed by atoms with van der Waals surface area (Å²) in [6.07, 6.45) is 2.23. The fourth-order valence-electron chi connectivity index (χ4n) is 2.32. The summed E-state index contributed by atoms with van der Waals surface area (Å²) in [5.41, 5.74) is 2.93. The molecule has 0 aliphatic rings. The van der Waals surface area contributed by atoms with Crippen molar-refractivity contribution in [2.75, 3.05) is 10.0 Å². The molecule has 1 amide bonds. The Morgan fingerprint density at radius 3 is 2.40 bits per heavy atom. The molecule has 0 fully saturated rings. The molecular weight excluding hydrogens is 336 g/mol. The maximum atomic E-state index is 12.5. The molecule has 0 aliphatic heterocycles. The van der Waals surface area contributed by atoms with Gasteiger partial charge in [-0.2, -0.15) is 0 Å². The highest BCUT2D eigenvalue weighted by molar-refractivity contribution is 7.92. The summed E-state index contributed by atoms with van der Waals surface area (Å²) in [6, 6.07) is 11.7. The minimum atomic E-state index is -3.67. The van der Waals surface area contributed by atoms with Crippen LogP contribution in [0.25, 0.3) is 0 Å². The van der Waals surface area contributed by atoms with E-state index in [1.807, 2.05) is 20.8 Å². The summed E-state index contributed by atoms with van der Waals surface area (Å²) in [5.74, 6) is -0.0731. The summed E-state index contributed by atoms with van der Waals surface area (Å²) in [6.45, 7) is 5.83. The van der Waals surface area contributed by atoms with Gasteiger partial charge in [-0.15, -0.1) is 0 Å². The van der Waals surface area contributed by atoms with Crippen molar-refractivity contribution in [1.29, 1.82) is 0 Å². The summed E-state index contributed by atoms with van der Waals surface area (Å²) in [7, 11) is -3.67. The molecule has 6 heteroatoms. The van der Waals surface area contributed by atoms with Crippen LogP contribution in [0.5, 0.6) is 0 Å². The molecule has 2 N–H and O–H groups in total. The van der Waals surface area contributed by atoms with Crippen LogP contribution >= 0.6 is 0 Å². The van der Waals surface area contributed by atoms with Gasteiger partial charge < -0.3 is 5.32 Å². The van der Waals surface area contributed by atoms with Gasteiger partial charge in [0.1, 0.15) is 0 Å². The molecule has 0 spiro atoms. The number of benzene rings is 2. The number of hydrogen-bond acceptors (Lipinski definition) is 3. The first kappa shape index (κ1) is 19.0. The predicted octanol–water partition coefficient (Wildman–Crippen LogP) is 4.23. The maximum absolute atomic E-state index is 12.5. The second-order valence-electron chi connectivity index (χ2n) is 6.08. The Labute approximate surface area is 149 Å². The van der Waals surface area contributed by atoms with Crippen molar-refractivity contribution in [3.63, 3.8) is 0 Å². The Balaban J connectivity index is 2.15. The van der Waals surface area contributed by atoms with Crippen molar-refractivity contribution in [3.8, 4) is 0 Å². The summed E-state index contributed by atoms with van der Waals surface area (Å²) in [5, 5.41) is 2.79. The fourth-order valence-corrected chi connectivity index (χ4v) is 3.45. The van der Waals surface area contributed by atoms with Gasteiger partial charge >= 0.3 is 0 Å². The molecular formula is C19H24N2O3S. The number of carbonyl (C=O) groups excluding carboxylic acids is 1. The maximum Gasteiger partial charge on any atom is 0.261 e. The third kappa shape index (κ3) is 5.32. The van der Waals surface area contributed by atoms with E-state index >= 15 is 0 Å². The Bertz CT molecular complexity index is 861. The molecule has 0 radical (unpaired) electrons. The number of carbonyl (C=O) groups is 1. The van der Waals surface area contributed by atoms with Crippen molar-refractivity contribution in [2.24, 2.45) is 0 Å². The van der Waals surface area contributed by atoms with Crippen molar-refractivity contribution in [3.05, 3.63) is 53.6 Å². The molecule has 2 aromatic carbocycles. The van der Waals surface area contributed by atoms with E-state index < -0.39 is 10.0 Å². The van der Waals surface area contributed by atoms with E-state index in [0.717, 1.165) is 24.0 Å². The van der Waals surface area contributed by atoms with E-state index in [-0.39, 0.29) is 10.8 Å². The first-order valence-corrected chi connectivity index (χ1v) is 9.80. The molecule has 0 atom stereocenters.